The Morgan fingerprint density at radius 3 is 2.80 bits per heavy atom. The van der Waals surface area contributed by atoms with Gasteiger partial charge in [-0.1, -0.05) is 24.6 Å². The van der Waals surface area contributed by atoms with E-state index in [9.17, 15) is 8.42 Å². The minimum Gasteiger partial charge on any atom is -0.313 e. The number of benzene rings is 1. The monoisotopic (exact) mass is 316 g/mol. The van der Waals surface area contributed by atoms with Crippen molar-refractivity contribution in [2.45, 2.75) is 37.6 Å². The van der Waals surface area contributed by atoms with Gasteiger partial charge in [0.25, 0.3) is 0 Å². The number of aryl methyl sites for hydroxylation is 1. The lowest BCUT2D eigenvalue weighted by atomic mass is 10.2. The molecule has 0 aliphatic carbocycles. The Balaban J connectivity index is 2.28. The zero-order chi connectivity index (χ0) is 14.8. The topological polar surface area (TPSA) is 49.4 Å². The summed E-state index contributed by atoms with van der Waals surface area (Å²) in [6, 6.07) is 5.25. The van der Waals surface area contributed by atoms with Gasteiger partial charge in [-0.3, -0.25) is 0 Å². The molecule has 4 nitrogen and oxygen atoms in total. The molecular weight excluding hydrogens is 296 g/mol. The number of nitrogens with zero attached hydrogens (tertiary/aromatic N) is 1. The van der Waals surface area contributed by atoms with Crippen molar-refractivity contribution in [3.05, 3.63) is 28.8 Å². The molecule has 1 aliphatic rings. The maximum Gasteiger partial charge on any atom is 0.243 e. The molecule has 0 spiro atoms. The molecule has 1 atom stereocenters. The van der Waals surface area contributed by atoms with Crippen molar-refractivity contribution in [1.29, 1.82) is 0 Å². The summed E-state index contributed by atoms with van der Waals surface area (Å²) in [6.45, 7) is 5.62. The summed E-state index contributed by atoms with van der Waals surface area (Å²) in [5.41, 5.74) is 0.729. The molecule has 2 rings (SSSR count). The molecule has 112 valence electrons. The first-order valence-corrected chi connectivity index (χ1v) is 8.76. The molecule has 20 heavy (non-hydrogen) atoms. The highest BCUT2D eigenvalue weighted by atomic mass is 35.5. The van der Waals surface area contributed by atoms with Crippen molar-refractivity contribution in [3.8, 4) is 0 Å². The Hall–Kier alpha value is -0.620. The smallest absolute Gasteiger partial charge is 0.243 e. The second kappa shape index (κ2) is 6.43. The first kappa shape index (κ1) is 15.8. The lowest BCUT2D eigenvalue weighted by Gasteiger charge is -2.24. The van der Waals surface area contributed by atoms with Crippen LogP contribution in [0.3, 0.4) is 0 Å². The van der Waals surface area contributed by atoms with E-state index in [-0.39, 0.29) is 6.04 Å². The summed E-state index contributed by atoms with van der Waals surface area (Å²) in [6.07, 6.45) is 2.14. The number of sulfonamides is 1. The highest BCUT2D eigenvalue weighted by Crippen LogP contribution is 2.24. The predicted octanol–water partition coefficient (Wildman–Crippen LogP) is 2.41. The Labute approximate surface area is 126 Å². The normalized spacial score (nSPS) is 19.7. The van der Waals surface area contributed by atoms with Crippen molar-refractivity contribution in [2.24, 2.45) is 0 Å². The van der Waals surface area contributed by atoms with Crippen LogP contribution in [0.25, 0.3) is 0 Å². The van der Waals surface area contributed by atoms with Crippen LogP contribution in [0, 0.1) is 6.92 Å². The van der Waals surface area contributed by atoms with E-state index < -0.39 is 10.0 Å². The number of hydrogen-bond donors (Lipinski definition) is 1. The van der Waals surface area contributed by atoms with E-state index in [1.807, 2.05) is 6.92 Å². The molecule has 0 amide bonds. The highest BCUT2D eigenvalue weighted by molar-refractivity contribution is 7.89. The second-order valence-corrected chi connectivity index (χ2v) is 7.50. The van der Waals surface area contributed by atoms with Crippen molar-refractivity contribution in [3.63, 3.8) is 0 Å². The molecule has 1 heterocycles. The van der Waals surface area contributed by atoms with E-state index in [4.69, 9.17) is 11.6 Å². The van der Waals surface area contributed by atoms with Crippen molar-refractivity contribution < 1.29 is 8.42 Å². The van der Waals surface area contributed by atoms with Crippen LogP contribution in [0.4, 0.5) is 0 Å². The molecule has 1 aromatic rings. The molecule has 1 aliphatic heterocycles. The summed E-state index contributed by atoms with van der Waals surface area (Å²) in [4.78, 5) is 0.310. The summed E-state index contributed by atoms with van der Waals surface area (Å²) in [5, 5.41) is 3.79. The molecule has 1 saturated heterocycles. The zero-order valence-electron chi connectivity index (χ0n) is 11.9. The number of rotatable bonds is 5. The van der Waals surface area contributed by atoms with Gasteiger partial charge in [0.15, 0.2) is 0 Å². The van der Waals surface area contributed by atoms with Gasteiger partial charge in [-0.05, 0) is 44.0 Å². The van der Waals surface area contributed by atoms with Gasteiger partial charge in [-0.25, -0.2) is 8.42 Å². The van der Waals surface area contributed by atoms with Gasteiger partial charge < -0.3 is 5.32 Å². The van der Waals surface area contributed by atoms with Crippen LogP contribution in [-0.4, -0.2) is 38.4 Å². The number of nitrogens with one attached hydrogen (secondary N) is 1. The third-order valence-corrected chi connectivity index (χ3v) is 6.02. The Bertz CT molecular complexity index is 569. The van der Waals surface area contributed by atoms with Crippen molar-refractivity contribution >= 4 is 21.6 Å². The maximum atomic E-state index is 12.8. The quantitative estimate of drug-likeness (QED) is 0.907. The maximum absolute atomic E-state index is 12.8. The second-order valence-electron chi connectivity index (χ2n) is 5.16. The van der Waals surface area contributed by atoms with Crippen LogP contribution < -0.4 is 5.32 Å². The largest absolute Gasteiger partial charge is 0.313 e. The van der Waals surface area contributed by atoms with Gasteiger partial charge in [-0.15, -0.1) is 0 Å². The van der Waals surface area contributed by atoms with Gasteiger partial charge in [0, 0.05) is 24.2 Å². The number of hydrogen-bond acceptors (Lipinski definition) is 3. The van der Waals surface area contributed by atoms with Crippen LogP contribution in [0.1, 0.15) is 25.3 Å². The molecule has 0 saturated carbocycles. The van der Waals surface area contributed by atoms with Crippen LogP contribution in [0.5, 0.6) is 0 Å². The van der Waals surface area contributed by atoms with Crippen molar-refractivity contribution in [2.75, 3.05) is 19.6 Å². The fourth-order valence-corrected chi connectivity index (χ4v) is 4.53. The molecule has 1 unspecified atom stereocenters. The standard InChI is InChI=1S/C14H21ClN2O2S/c1-3-17(10-13-5-4-8-16-13)20(18,19)14-9-12(15)7-6-11(14)2/h6-7,9,13,16H,3-5,8,10H2,1-2H3. The Morgan fingerprint density at radius 1 is 1.45 bits per heavy atom. The third-order valence-electron chi connectivity index (χ3n) is 3.71. The number of likely N-dealkylation sites (N-methyl/N-ethyl adjacent to an activating group) is 1. The molecule has 6 heteroatoms. The molecule has 0 radical (unpaired) electrons. The highest BCUT2D eigenvalue weighted by Gasteiger charge is 2.28. The van der Waals surface area contributed by atoms with Gasteiger partial charge in [-0.2, -0.15) is 4.31 Å². The molecule has 0 aromatic heterocycles. The first-order chi connectivity index (χ1) is 9.45. The van der Waals surface area contributed by atoms with Gasteiger partial charge in [0.05, 0.1) is 4.90 Å². The fraction of sp³-hybridized carbons (Fsp3) is 0.571. The van der Waals surface area contributed by atoms with E-state index in [2.05, 4.69) is 5.32 Å². The molecule has 0 bridgehead atoms. The van der Waals surface area contributed by atoms with Crippen LogP contribution >= 0.6 is 11.6 Å². The lowest BCUT2D eigenvalue weighted by molar-refractivity contribution is 0.382. The molecular formula is C14H21ClN2O2S. The van der Waals surface area contributed by atoms with Gasteiger partial charge >= 0.3 is 0 Å². The fourth-order valence-electron chi connectivity index (χ4n) is 2.55. The first-order valence-electron chi connectivity index (χ1n) is 6.95. The SMILES string of the molecule is CCN(CC1CCCN1)S(=O)(=O)c1cc(Cl)ccc1C. The van der Waals surface area contributed by atoms with Gasteiger partial charge in [0.2, 0.25) is 10.0 Å². The van der Waals surface area contributed by atoms with Crippen LogP contribution in [0.15, 0.2) is 23.1 Å². The average molecular weight is 317 g/mol. The van der Waals surface area contributed by atoms with E-state index in [0.29, 0.717) is 23.0 Å². The van der Waals surface area contributed by atoms with E-state index in [1.54, 1.807) is 19.1 Å². The Kier molecular flexibility index (Phi) is 5.07. The predicted molar refractivity (Wildman–Crippen MR) is 81.6 cm³/mol. The van der Waals surface area contributed by atoms with E-state index in [1.165, 1.54) is 10.4 Å². The van der Waals surface area contributed by atoms with Crippen LogP contribution in [0.2, 0.25) is 5.02 Å². The van der Waals surface area contributed by atoms with Crippen molar-refractivity contribution in [1.82, 2.24) is 9.62 Å². The zero-order valence-corrected chi connectivity index (χ0v) is 13.5. The summed E-state index contributed by atoms with van der Waals surface area (Å²) >= 11 is 5.95. The summed E-state index contributed by atoms with van der Waals surface area (Å²) < 4.78 is 27.1. The molecule has 1 fully saturated rings. The molecule has 1 N–H and O–H groups in total. The third kappa shape index (κ3) is 3.34. The van der Waals surface area contributed by atoms with Gasteiger partial charge in [0.1, 0.15) is 0 Å². The minimum absolute atomic E-state index is 0.254. The summed E-state index contributed by atoms with van der Waals surface area (Å²) in [7, 11) is -3.48. The average Bonchev–Trinajstić information content (AvgIpc) is 2.91. The van der Waals surface area contributed by atoms with Crippen LogP contribution in [-0.2, 0) is 10.0 Å². The number of halogens is 1. The minimum atomic E-state index is -3.48. The molecule has 1 aromatic carbocycles. The van der Waals surface area contributed by atoms with E-state index >= 15 is 0 Å². The van der Waals surface area contributed by atoms with E-state index in [0.717, 1.165) is 24.9 Å². The lowest BCUT2D eigenvalue weighted by Crippen LogP contribution is -2.41. The Morgan fingerprint density at radius 2 is 2.20 bits per heavy atom. The summed E-state index contributed by atoms with van der Waals surface area (Å²) in [5.74, 6) is 0.